The summed E-state index contributed by atoms with van der Waals surface area (Å²) in [5.74, 6) is 0. The fraction of sp³-hybridized carbons (Fsp3) is 0.400. The Morgan fingerprint density at radius 2 is 1.27 bits per heavy atom. The van der Waals surface area contributed by atoms with Crippen LogP contribution in [0.1, 0.15) is 25.7 Å². The lowest BCUT2D eigenvalue weighted by molar-refractivity contribution is 0.214. The summed E-state index contributed by atoms with van der Waals surface area (Å²) in [7, 11) is 2.27. The molecule has 1 saturated heterocycles. The van der Waals surface area contributed by atoms with Gasteiger partial charge in [0, 0.05) is 6.54 Å². The predicted molar refractivity (Wildman–Crippen MR) is 95.2 cm³/mol. The Bertz CT molecular complexity index is 525. The van der Waals surface area contributed by atoms with Gasteiger partial charge in [-0.1, -0.05) is 42.8 Å². The molecule has 0 unspecified atom stereocenters. The van der Waals surface area contributed by atoms with Crippen LogP contribution in [0.25, 0.3) is 0 Å². The van der Waals surface area contributed by atoms with Crippen molar-refractivity contribution in [2.75, 3.05) is 26.8 Å². The van der Waals surface area contributed by atoms with Gasteiger partial charge in [-0.25, -0.2) is 4.48 Å². The third-order valence-electron chi connectivity index (χ3n) is 4.81. The van der Waals surface area contributed by atoms with E-state index in [4.69, 9.17) is 0 Å². The van der Waals surface area contributed by atoms with Crippen molar-refractivity contribution in [3.05, 3.63) is 60.7 Å². The molecular weight excluding hydrogens is 268 g/mol. The van der Waals surface area contributed by atoms with E-state index in [0.717, 1.165) is 11.2 Å². The van der Waals surface area contributed by atoms with Crippen molar-refractivity contribution in [2.45, 2.75) is 25.7 Å². The first kappa shape index (κ1) is 15.3. The van der Waals surface area contributed by atoms with E-state index in [2.05, 4.69) is 72.6 Å². The summed E-state index contributed by atoms with van der Waals surface area (Å²) in [6, 6.07) is 22.1. The van der Waals surface area contributed by atoms with Crippen molar-refractivity contribution in [3.63, 3.8) is 0 Å². The van der Waals surface area contributed by atoms with E-state index in [-0.39, 0.29) is 0 Å². The number of hydrogen-bond donors (Lipinski definition) is 0. The Balaban J connectivity index is 2.08. The summed E-state index contributed by atoms with van der Waals surface area (Å²) < 4.78 is 0.943. The number of hydrogen-bond acceptors (Lipinski definition) is 1. The molecule has 0 atom stereocenters. The van der Waals surface area contributed by atoms with Crippen molar-refractivity contribution < 1.29 is 0 Å². The monoisotopic (exact) mass is 295 g/mol. The largest absolute Gasteiger partial charge is 0.259 e. The summed E-state index contributed by atoms with van der Waals surface area (Å²) in [5.41, 5.74) is 2.81. The second-order valence-electron chi connectivity index (χ2n) is 6.50. The first-order valence-electron chi connectivity index (χ1n) is 8.48. The maximum atomic E-state index is 2.51. The van der Waals surface area contributed by atoms with E-state index in [1.54, 1.807) is 0 Å². The molecule has 0 bridgehead atoms. The molecule has 0 N–H and O–H groups in total. The van der Waals surface area contributed by atoms with Crippen LogP contribution in [-0.2, 0) is 0 Å². The fourth-order valence-corrected chi connectivity index (χ4v) is 3.67. The van der Waals surface area contributed by atoms with Gasteiger partial charge in [-0.05, 0) is 50.6 Å². The first-order chi connectivity index (χ1) is 10.8. The first-order valence-corrected chi connectivity index (χ1v) is 8.48. The minimum Gasteiger partial charge on any atom is -0.259 e. The average Bonchev–Trinajstić information content (AvgIpc) is 2.67. The molecule has 2 nitrogen and oxygen atoms in total. The van der Waals surface area contributed by atoms with Crippen LogP contribution in [0.4, 0.5) is 11.4 Å². The number of rotatable bonds is 2. The highest BCUT2D eigenvalue weighted by atomic mass is 15.4. The summed E-state index contributed by atoms with van der Waals surface area (Å²) >= 11 is 0. The van der Waals surface area contributed by atoms with Crippen LogP contribution in [0.15, 0.2) is 60.7 Å². The van der Waals surface area contributed by atoms with Crippen LogP contribution < -0.4 is 4.48 Å². The van der Waals surface area contributed by atoms with Crippen molar-refractivity contribution in [3.8, 4) is 0 Å². The molecule has 2 heteroatoms. The highest BCUT2D eigenvalue weighted by Crippen LogP contribution is 2.36. The smallest absolute Gasteiger partial charge is 0.144 e. The van der Waals surface area contributed by atoms with E-state index in [1.807, 2.05) is 0 Å². The SMILES string of the molecule is CN1CCCCCC[N+](c2ccccc2)(c2ccccc2)C1. The zero-order valence-corrected chi connectivity index (χ0v) is 13.6. The molecule has 1 aliphatic rings. The highest BCUT2D eigenvalue weighted by molar-refractivity contribution is 5.58. The minimum absolute atomic E-state index is 0.943. The van der Waals surface area contributed by atoms with Crippen molar-refractivity contribution >= 4 is 11.4 Å². The third-order valence-corrected chi connectivity index (χ3v) is 4.81. The average molecular weight is 295 g/mol. The molecule has 1 heterocycles. The number of nitrogens with zero attached hydrogens (tertiary/aromatic N) is 2. The lowest BCUT2D eigenvalue weighted by Crippen LogP contribution is -2.51. The summed E-state index contributed by atoms with van der Waals surface area (Å²) in [6.45, 7) is 3.42. The van der Waals surface area contributed by atoms with Crippen molar-refractivity contribution in [2.24, 2.45) is 0 Å². The van der Waals surface area contributed by atoms with E-state index in [1.165, 1.54) is 50.1 Å². The van der Waals surface area contributed by atoms with Gasteiger partial charge in [0.1, 0.15) is 18.0 Å². The molecule has 0 spiro atoms. The lowest BCUT2D eigenvalue weighted by Gasteiger charge is -2.40. The van der Waals surface area contributed by atoms with Gasteiger partial charge in [-0.3, -0.25) is 4.90 Å². The molecule has 116 valence electrons. The summed E-state index contributed by atoms with van der Waals surface area (Å²) in [6.07, 6.45) is 5.30. The van der Waals surface area contributed by atoms with Gasteiger partial charge in [0.25, 0.3) is 0 Å². The van der Waals surface area contributed by atoms with Gasteiger partial charge in [0.15, 0.2) is 0 Å². The molecular formula is C20H27N2+. The molecule has 2 aromatic rings. The van der Waals surface area contributed by atoms with E-state index in [9.17, 15) is 0 Å². The second kappa shape index (κ2) is 7.08. The Labute approximate surface area is 134 Å². The standard InChI is InChI=1S/C20H27N2/c1-21-16-10-2-3-11-17-22(18-21,19-12-6-4-7-13-19)20-14-8-5-9-15-20/h4-9,12-15H,2-3,10-11,16-18H2,1H3/q+1. The number of benzene rings is 2. The summed E-state index contributed by atoms with van der Waals surface area (Å²) in [5, 5.41) is 0. The Hall–Kier alpha value is -1.64. The zero-order valence-electron chi connectivity index (χ0n) is 13.6. The molecule has 2 aromatic carbocycles. The number of para-hydroxylation sites is 2. The van der Waals surface area contributed by atoms with Crippen molar-refractivity contribution in [1.82, 2.24) is 9.38 Å². The van der Waals surface area contributed by atoms with Gasteiger partial charge in [-0.2, -0.15) is 0 Å². The van der Waals surface area contributed by atoms with Crippen LogP contribution in [0, 0.1) is 0 Å². The quantitative estimate of drug-likeness (QED) is 0.720. The van der Waals surface area contributed by atoms with Crippen LogP contribution in [-0.4, -0.2) is 31.7 Å². The van der Waals surface area contributed by atoms with E-state index < -0.39 is 0 Å². The molecule has 0 aliphatic carbocycles. The van der Waals surface area contributed by atoms with Gasteiger partial charge in [0.2, 0.25) is 0 Å². The van der Waals surface area contributed by atoms with Crippen LogP contribution >= 0.6 is 0 Å². The fourth-order valence-electron chi connectivity index (χ4n) is 3.67. The Kier molecular flexibility index (Phi) is 4.91. The zero-order chi connectivity index (χ0) is 15.3. The van der Waals surface area contributed by atoms with Gasteiger partial charge < -0.3 is 0 Å². The molecule has 0 aromatic heterocycles. The second-order valence-corrected chi connectivity index (χ2v) is 6.50. The maximum Gasteiger partial charge on any atom is 0.144 e. The van der Waals surface area contributed by atoms with Gasteiger partial charge in [0.05, 0.1) is 6.54 Å². The van der Waals surface area contributed by atoms with Crippen LogP contribution in [0.5, 0.6) is 0 Å². The van der Waals surface area contributed by atoms with Crippen LogP contribution in [0.3, 0.4) is 0 Å². The van der Waals surface area contributed by atoms with E-state index in [0.29, 0.717) is 0 Å². The number of quaternary nitrogens is 1. The maximum absolute atomic E-state index is 2.51. The molecule has 1 aliphatic heterocycles. The Morgan fingerprint density at radius 1 is 0.727 bits per heavy atom. The van der Waals surface area contributed by atoms with Gasteiger partial charge >= 0.3 is 0 Å². The molecule has 0 amide bonds. The predicted octanol–water partition coefficient (Wildman–Crippen LogP) is 4.79. The lowest BCUT2D eigenvalue weighted by atomic mass is 10.1. The topological polar surface area (TPSA) is 3.24 Å². The van der Waals surface area contributed by atoms with E-state index >= 15 is 0 Å². The highest BCUT2D eigenvalue weighted by Gasteiger charge is 2.34. The Morgan fingerprint density at radius 3 is 1.86 bits per heavy atom. The third kappa shape index (κ3) is 3.23. The summed E-state index contributed by atoms with van der Waals surface area (Å²) in [4.78, 5) is 2.51. The minimum atomic E-state index is 0.943. The normalized spacial score (nSPS) is 19.9. The molecule has 3 rings (SSSR count). The molecule has 0 saturated carbocycles. The molecule has 0 radical (unpaired) electrons. The van der Waals surface area contributed by atoms with Gasteiger partial charge in [-0.15, -0.1) is 0 Å². The molecule has 22 heavy (non-hydrogen) atoms. The van der Waals surface area contributed by atoms with Crippen LogP contribution in [0.2, 0.25) is 0 Å². The van der Waals surface area contributed by atoms with Crippen molar-refractivity contribution in [1.29, 1.82) is 0 Å². The molecule has 1 fully saturated rings.